The van der Waals surface area contributed by atoms with Crippen molar-refractivity contribution in [1.82, 2.24) is 20.2 Å². The molecule has 0 aliphatic carbocycles. The van der Waals surface area contributed by atoms with Crippen molar-refractivity contribution in [3.8, 4) is 11.4 Å². The highest BCUT2D eigenvalue weighted by molar-refractivity contribution is 7.95. The zero-order valence-electron chi connectivity index (χ0n) is 17.8. The van der Waals surface area contributed by atoms with Gasteiger partial charge in [0.1, 0.15) is 0 Å². The topological polar surface area (TPSA) is 89.8 Å². The van der Waals surface area contributed by atoms with Crippen LogP contribution in [-0.4, -0.2) is 28.6 Å². The number of aromatic nitrogens is 4. The van der Waals surface area contributed by atoms with Gasteiger partial charge in [-0.25, -0.2) is 8.42 Å². The van der Waals surface area contributed by atoms with Crippen LogP contribution in [0.1, 0.15) is 16.7 Å². The van der Waals surface area contributed by atoms with E-state index in [1.165, 1.54) is 29.1 Å². The van der Waals surface area contributed by atoms with Crippen molar-refractivity contribution in [2.24, 2.45) is 0 Å². The van der Waals surface area contributed by atoms with Gasteiger partial charge in [-0.15, -0.1) is 10.2 Å². The Morgan fingerprint density at radius 1 is 1.00 bits per heavy atom. The second kappa shape index (κ2) is 9.88. The highest BCUT2D eigenvalue weighted by Gasteiger charge is 2.30. The van der Waals surface area contributed by atoms with Gasteiger partial charge in [0.15, 0.2) is 0 Å². The van der Waals surface area contributed by atoms with E-state index in [0.29, 0.717) is 17.1 Å². The van der Waals surface area contributed by atoms with Gasteiger partial charge in [-0.1, -0.05) is 48.0 Å². The monoisotopic (exact) mass is 519 g/mol. The standard InChI is InChI=1S/C23H17ClF3N5O2S/c24-20-8-2-5-17(13-20)15-32-29-22(28-31-32)18-6-3-9-21(14-18)30-35(33,34)11-10-16-4-1-7-19(12-16)23(25,26)27/h1-14,30H,15H2/b11-10+. The third kappa shape index (κ3) is 6.67. The quantitative estimate of drug-likeness (QED) is 0.349. The van der Waals surface area contributed by atoms with Crippen molar-refractivity contribution < 1.29 is 21.6 Å². The molecule has 0 amide bonds. The zero-order chi connectivity index (χ0) is 25.1. The Morgan fingerprint density at radius 2 is 1.77 bits per heavy atom. The fourth-order valence-corrected chi connectivity index (χ4v) is 4.20. The van der Waals surface area contributed by atoms with Crippen molar-refractivity contribution >= 4 is 33.4 Å². The van der Waals surface area contributed by atoms with Crippen LogP contribution in [0.4, 0.5) is 18.9 Å². The van der Waals surface area contributed by atoms with Gasteiger partial charge in [0, 0.05) is 16.3 Å². The summed E-state index contributed by atoms with van der Waals surface area (Å²) in [5.74, 6) is 0.285. The van der Waals surface area contributed by atoms with Crippen molar-refractivity contribution in [2.75, 3.05) is 4.72 Å². The van der Waals surface area contributed by atoms with Gasteiger partial charge < -0.3 is 0 Å². The minimum absolute atomic E-state index is 0.0967. The van der Waals surface area contributed by atoms with Crippen molar-refractivity contribution in [2.45, 2.75) is 12.7 Å². The first kappa shape index (κ1) is 24.4. The van der Waals surface area contributed by atoms with Crippen LogP contribution in [0.3, 0.4) is 0 Å². The number of tetrazole rings is 1. The van der Waals surface area contributed by atoms with E-state index in [9.17, 15) is 21.6 Å². The van der Waals surface area contributed by atoms with Gasteiger partial charge in [0.25, 0.3) is 10.0 Å². The fraction of sp³-hybridized carbons (Fsp3) is 0.0870. The summed E-state index contributed by atoms with van der Waals surface area (Å²) in [4.78, 5) is 1.38. The zero-order valence-corrected chi connectivity index (χ0v) is 19.4. The van der Waals surface area contributed by atoms with Crippen LogP contribution in [0.5, 0.6) is 0 Å². The molecule has 0 aliphatic rings. The number of anilines is 1. The molecule has 0 saturated heterocycles. The molecule has 1 aromatic heterocycles. The molecular weight excluding hydrogens is 503 g/mol. The number of halogens is 4. The smallest absolute Gasteiger partial charge is 0.280 e. The molecule has 7 nitrogen and oxygen atoms in total. The normalized spacial score (nSPS) is 12.2. The van der Waals surface area contributed by atoms with E-state index in [-0.39, 0.29) is 17.1 Å². The van der Waals surface area contributed by atoms with Gasteiger partial charge in [-0.2, -0.15) is 18.0 Å². The number of hydrogen-bond donors (Lipinski definition) is 1. The molecule has 0 saturated carbocycles. The van der Waals surface area contributed by atoms with E-state index in [0.717, 1.165) is 29.2 Å². The lowest BCUT2D eigenvalue weighted by atomic mass is 10.1. The van der Waals surface area contributed by atoms with Gasteiger partial charge in [-0.05, 0) is 58.8 Å². The molecule has 0 aliphatic heterocycles. The summed E-state index contributed by atoms with van der Waals surface area (Å²) in [7, 11) is -4.01. The number of nitrogens with zero attached hydrogens (tertiary/aromatic N) is 4. The maximum absolute atomic E-state index is 12.9. The van der Waals surface area contributed by atoms with E-state index in [2.05, 4.69) is 20.1 Å². The van der Waals surface area contributed by atoms with Crippen LogP contribution in [-0.2, 0) is 22.7 Å². The van der Waals surface area contributed by atoms with Crippen LogP contribution < -0.4 is 4.72 Å². The molecule has 1 N–H and O–H groups in total. The van der Waals surface area contributed by atoms with Gasteiger partial charge in [0.05, 0.1) is 17.5 Å². The molecule has 0 atom stereocenters. The maximum atomic E-state index is 12.9. The number of benzene rings is 3. The van der Waals surface area contributed by atoms with Crippen molar-refractivity contribution in [3.63, 3.8) is 0 Å². The third-order valence-electron chi connectivity index (χ3n) is 4.70. The Morgan fingerprint density at radius 3 is 2.54 bits per heavy atom. The molecule has 4 rings (SSSR count). The minimum atomic E-state index is -4.52. The first-order chi connectivity index (χ1) is 16.6. The highest BCUT2D eigenvalue weighted by atomic mass is 35.5. The third-order valence-corrected chi connectivity index (χ3v) is 5.95. The van der Waals surface area contributed by atoms with E-state index < -0.39 is 21.8 Å². The predicted octanol–water partition coefficient (Wildman–Crippen LogP) is 5.47. The van der Waals surface area contributed by atoms with Crippen LogP contribution in [0.15, 0.2) is 78.2 Å². The lowest BCUT2D eigenvalue weighted by molar-refractivity contribution is -0.137. The Hall–Kier alpha value is -3.70. The first-order valence-electron chi connectivity index (χ1n) is 10.1. The lowest BCUT2D eigenvalue weighted by Crippen LogP contribution is -2.09. The van der Waals surface area contributed by atoms with Crippen molar-refractivity contribution in [1.29, 1.82) is 0 Å². The molecule has 3 aromatic carbocycles. The fourth-order valence-electron chi connectivity index (χ4n) is 3.13. The minimum Gasteiger partial charge on any atom is -0.280 e. The molecule has 0 unspecified atom stereocenters. The molecule has 0 fully saturated rings. The summed E-state index contributed by atoms with van der Waals surface area (Å²) < 4.78 is 65.9. The Labute approximate surface area is 203 Å². The molecule has 4 aromatic rings. The van der Waals surface area contributed by atoms with Gasteiger partial charge >= 0.3 is 6.18 Å². The molecule has 0 spiro atoms. The number of nitrogens with one attached hydrogen (secondary N) is 1. The number of rotatable bonds is 7. The summed E-state index contributed by atoms with van der Waals surface area (Å²) in [6, 6.07) is 17.9. The number of alkyl halides is 3. The molecule has 0 radical (unpaired) electrons. The highest BCUT2D eigenvalue weighted by Crippen LogP contribution is 2.30. The molecular formula is C23H17ClF3N5O2S. The van der Waals surface area contributed by atoms with Gasteiger partial charge in [0.2, 0.25) is 5.82 Å². The Kier molecular flexibility index (Phi) is 6.90. The second-order valence-electron chi connectivity index (χ2n) is 7.43. The molecule has 180 valence electrons. The van der Waals surface area contributed by atoms with E-state index in [4.69, 9.17) is 11.6 Å². The summed E-state index contributed by atoms with van der Waals surface area (Å²) in [5, 5.41) is 13.7. The SMILES string of the molecule is O=S(=O)(/C=C/c1cccc(C(F)(F)F)c1)Nc1cccc(-c2nnn(Cc3cccc(Cl)c3)n2)c1. The Balaban J connectivity index is 1.47. The second-order valence-corrected chi connectivity index (χ2v) is 9.43. The van der Waals surface area contributed by atoms with E-state index in [1.54, 1.807) is 24.3 Å². The first-order valence-corrected chi connectivity index (χ1v) is 12.0. The van der Waals surface area contributed by atoms with Crippen LogP contribution in [0.25, 0.3) is 17.5 Å². The summed E-state index contributed by atoms with van der Waals surface area (Å²) in [6.45, 7) is 0.347. The number of sulfonamides is 1. The van der Waals surface area contributed by atoms with Crippen LogP contribution >= 0.6 is 11.6 Å². The predicted molar refractivity (Wildman–Crippen MR) is 127 cm³/mol. The summed E-state index contributed by atoms with van der Waals surface area (Å²) in [6.07, 6.45) is -3.43. The van der Waals surface area contributed by atoms with Crippen molar-refractivity contribution in [3.05, 3.63) is 99.9 Å². The van der Waals surface area contributed by atoms with Gasteiger partial charge in [-0.3, -0.25) is 4.72 Å². The number of hydrogen-bond acceptors (Lipinski definition) is 5. The molecule has 1 heterocycles. The van der Waals surface area contributed by atoms with E-state index >= 15 is 0 Å². The van der Waals surface area contributed by atoms with Crippen LogP contribution in [0.2, 0.25) is 5.02 Å². The maximum Gasteiger partial charge on any atom is 0.416 e. The largest absolute Gasteiger partial charge is 0.416 e. The Bertz CT molecular complexity index is 1490. The molecule has 0 bridgehead atoms. The van der Waals surface area contributed by atoms with E-state index in [1.807, 2.05) is 12.1 Å². The summed E-state index contributed by atoms with van der Waals surface area (Å²) in [5.41, 5.74) is 0.857. The molecule has 35 heavy (non-hydrogen) atoms. The van der Waals surface area contributed by atoms with Crippen LogP contribution in [0, 0.1) is 0 Å². The lowest BCUT2D eigenvalue weighted by Gasteiger charge is -2.07. The average Bonchev–Trinajstić information content (AvgIpc) is 3.26. The average molecular weight is 520 g/mol. The summed E-state index contributed by atoms with van der Waals surface area (Å²) >= 11 is 5.99. The molecule has 12 heteroatoms.